The molecule has 0 fully saturated rings. The minimum Gasteiger partial charge on any atom is -0.371 e. The van der Waals surface area contributed by atoms with Crippen LogP contribution in [0.25, 0.3) is 0 Å². The van der Waals surface area contributed by atoms with E-state index >= 15 is 0 Å². The van der Waals surface area contributed by atoms with Crippen LogP contribution in [-0.4, -0.2) is 19.0 Å². The second kappa shape index (κ2) is 4.50. The van der Waals surface area contributed by atoms with Gasteiger partial charge < -0.3 is 9.53 Å². The van der Waals surface area contributed by atoms with Crippen LogP contribution in [0, 0.1) is 5.92 Å². The zero-order valence-electron chi connectivity index (χ0n) is 7.89. The van der Waals surface area contributed by atoms with Crippen LogP contribution in [0.5, 0.6) is 0 Å². The molecule has 0 bridgehead atoms. The molecule has 0 spiro atoms. The van der Waals surface area contributed by atoms with E-state index in [1.54, 1.807) is 7.11 Å². The number of aldehydes is 1. The van der Waals surface area contributed by atoms with Crippen LogP contribution in [0.4, 0.5) is 0 Å². The number of rotatable bonds is 5. The lowest BCUT2D eigenvalue weighted by atomic mass is 9.92. The molecule has 0 aromatic heterocycles. The molecular formula is C9H18O2. The first kappa shape index (κ1) is 10.6. The molecule has 66 valence electrons. The van der Waals surface area contributed by atoms with E-state index in [0.717, 1.165) is 19.1 Å². The predicted octanol–water partition coefficient (Wildman–Crippen LogP) is 2.03. The third kappa shape index (κ3) is 3.51. The van der Waals surface area contributed by atoms with Gasteiger partial charge in [-0.25, -0.2) is 0 Å². The summed E-state index contributed by atoms with van der Waals surface area (Å²) in [4.78, 5) is 10.6. The van der Waals surface area contributed by atoms with Crippen LogP contribution in [-0.2, 0) is 9.53 Å². The molecule has 0 radical (unpaired) electrons. The van der Waals surface area contributed by atoms with Crippen molar-refractivity contribution in [2.75, 3.05) is 7.11 Å². The summed E-state index contributed by atoms with van der Waals surface area (Å²) in [5, 5.41) is 0. The molecule has 2 nitrogen and oxygen atoms in total. The number of hydrogen-bond donors (Lipinski definition) is 0. The van der Waals surface area contributed by atoms with Crippen molar-refractivity contribution in [3.63, 3.8) is 0 Å². The van der Waals surface area contributed by atoms with Crippen molar-refractivity contribution in [2.45, 2.75) is 39.2 Å². The molecule has 0 aromatic carbocycles. The summed E-state index contributed by atoms with van der Waals surface area (Å²) < 4.78 is 5.09. The molecule has 0 aliphatic heterocycles. The highest BCUT2D eigenvalue weighted by molar-refractivity contribution is 5.61. The summed E-state index contributed by atoms with van der Waals surface area (Å²) >= 11 is 0. The van der Waals surface area contributed by atoms with Crippen molar-refractivity contribution in [3.05, 3.63) is 0 Å². The molecule has 0 saturated carbocycles. The molecule has 0 unspecified atom stereocenters. The van der Waals surface area contributed by atoms with Gasteiger partial charge in [0.1, 0.15) is 5.60 Å². The molecule has 0 aromatic rings. The van der Waals surface area contributed by atoms with E-state index in [1.807, 2.05) is 6.92 Å². The molecule has 0 rings (SSSR count). The average Bonchev–Trinajstić information content (AvgIpc) is 2.04. The number of ether oxygens (including phenoxy) is 1. The van der Waals surface area contributed by atoms with Gasteiger partial charge in [-0.3, -0.25) is 0 Å². The van der Waals surface area contributed by atoms with Gasteiger partial charge in [-0.1, -0.05) is 20.3 Å². The maximum atomic E-state index is 10.6. The lowest BCUT2D eigenvalue weighted by Gasteiger charge is -2.24. The molecule has 11 heavy (non-hydrogen) atoms. The van der Waals surface area contributed by atoms with Gasteiger partial charge in [0.25, 0.3) is 0 Å². The van der Waals surface area contributed by atoms with Crippen LogP contribution in [0.1, 0.15) is 33.6 Å². The fourth-order valence-corrected chi connectivity index (χ4v) is 1.02. The van der Waals surface area contributed by atoms with Crippen molar-refractivity contribution < 1.29 is 9.53 Å². The maximum Gasteiger partial charge on any atom is 0.151 e. The van der Waals surface area contributed by atoms with Gasteiger partial charge in [0.05, 0.1) is 0 Å². The van der Waals surface area contributed by atoms with E-state index in [9.17, 15) is 4.79 Å². The highest BCUT2D eigenvalue weighted by atomic mass is 16.5. The van der Waals surface area contributed by atoms with Crippen LogP contribution in [0.3, 0.4) is 0 Å². The van der Waals surface area contributed by atoms with Crippen molar-refractivity contribution >= 4 is 6.29 Å². The lowest BCUT2D eigenvalue weighted by molar-refractivity contribution is -0.127. The van der Waals surface area contributed by atoms with E-state index in [1.165, 1.54) is 0 Å². The van der Waals surface area contributed by atoms with E-state index in [4.69, 9.17) is 4.74 Å². The zero-order valence-corrected chi connectivity index (χ0v) is 7.89. The normalized spacial score (nSPS) is 18.9. The van der Waals surface area contributed by atoms with E-state index in [2.05, 4.69) is 13.8 Å². The molecular weight excluding hydrogens is 140 g/mol. The zero-order chi connectivity index (χ0) is 8.91. The van der Waals surface area contributed by atoms with Crippen LogP contribution in [0.15, 0.2) is 0 Å². The molecule has 0 heterocycles. The largest absolute Gasteiger partial charge is 0.371 e. The molecule has 0 amide bonds. The van der Waals surface area contributed by atoms with Crippen molar-refractivity contribution in [2.24, 2.45) is 5.92 Å². The summed E-state index contributed by atoms with van der Waals surface area (Å²) in [6.07, 6.45) is 2.79. The first-order valence-electron chi connectivity index (χ1n) is 4.09. The minimum atomic E-state index is -0.574. The Labute approximate surface area is 68.9 Å². The van der Waals surface area contributed by atoms with Gasteiger partial charge in [0.2, 0.25) is 0 Å². The van der Waals surface area contributed by atoms with Crippen molar-refractivity contribution in [3.8, 4) is 0 Å². The van der Waals surface area contributed by atoms with Crippen LogP contribution >= 0.6 is 0 Å². The molecule has 0 N–H and O–H groups in total. The Morgan fingerprint density at radius 2 is 2.18 bits per heavy atom. The monoisotopic (exact) mass is 158 g/mol. The Bertz CT molecular complexity index is 123. The van der Waals surface area contributed by atoms with Gasteiger partial charge >= 0.3 is 0 Å². The minimum absolute atomic E-state index is 0.546. The van der Waals surface area contributed by atoms with Gasteiger partial charge in [0, 0.05) is 7.11 Å². The van der Waals surface area contributed by atoms with Gasteiger partial charge in [-0.2, -0.15) is 0 Å². The second-order valence-corrected chi connectivity index (χ2v) is 3.35. The molecule has 0 aliphatic carbocycles. The summed E-state index contributed by atoms with van der Waals surface area (Å²) in [7, 11) is 1.58. The molecule has 2 atom stereocenters. The number of carbonyl (C=O) groups is 1. The topological polar surface area (TPSA) is 26.3 Å². The summed E-state index contributed by atoms with van der Waals surface area (Å²) in [6, 6.07) is 0. The smallest absolute Gasteiger partial charge is 0.151 e. The Balaban J connectivity index is 3.96. The number of methoxy groups -OCH3 is 1. The second-order valence-electron chi connectivity index (χ2n) is 3.35. The fraction of sp³-hybridized carbons (Fsp3) is 0.889. The van der Waals surface area contributed by atoms with Crippen molar-refractivity contribution in [1.29, 1.82) is 0 Å². The van der Waals surface area contributed by atoms with Crippen LogP contribution in [0.2, 0.25) is 0 Å². The van der Waals surface area contributed by atoms with E-state index in [0.29, 0.717) is 5.92 Å². The van der Waals surface area contributed by atoms with Gasteiger partial charge in [-0.15, -0.1) is 0 Å². The maximum absolute atomic E-state index is 10.6. The molecule has 0 aliphatic rings. The molecule has 2 heteroatoms. The Morgan fingerprint density at radius 1 is 1.64 bits per heavy atom. The van der Waals surface area contributed by atoms with Gasteiger partial charge in [-0.05, 0) is 19.3 Å². The van der Waals surface area contributed by atoms with Gasteiger partial charge in [0.15, 0.2) is 6.29 Å². The SMILES string of the molecule is CC[C@H](C)C[C@](C)(C=O)OC. The highest BCUT2D eigenvalue weighted by Crippen LogP contribution is 2.19. The Kier molecular flexibility index (Phi) is 4.34. The highest BCUT2D eigenvalue weighted by Gasteiger charge is 2.24. The summed E-state index contributed by atoms with van der Waals surface area (Å²) in [6.45, 7) is 6.07. The quantitative estimate of drug-likeness (QED) is 0.572. The third-order valence-electron chi connectivity index (χ3n) is 2.17. The van der Waals surface area contributed by atoms with E-state index < -0.39 is 5.60 Å². The third-order valence-corrected chi connectivity index (χ3v) is 2.17. The Hall–Kier alpha value is -0.370. The van der Waals surface area contributed by atoms with Crippen LogP contribution < -0.4 is 0 Å². The standard InChI is InChI=1S/C9H18O2/c1-5-8(2)6-9(3,7-10)11-4/h7-8H,5-6H2,1-4H3/t8-,9+/m0/s1. The van der Waals surface area contributed by atoms with E-state index in [-0.39, 0.29) is 0 Å². The van der Waals surface area contributed by atoms with Crippen molar-refractivity contribution in [1.82, 2.24) is 0 Å². The number of carbonyl (C=O) groups excluding carboxylic acids is 1. The first-order valence-corrected chi connectivity index (χ1v) is 4.09. The fourth-order valence-electron chi connectivity index (χ4n) is 1.02. The summed E-state index contributed by atoms with van der Waals surface area (Å²) in [5.74, 6) is 0.546. The first-order chi connectivity index (χ1) is 5.08. The Morgan fingerprint density at radius 3 is 2.45 bits per heavy atom. The summed E-state index contributed by atoms with van der Waals surface area (Å²) in [5.41, 5.74) is -0.574. The predicted molar refractivity (Wildman–Crippen MR) is 45.6 cm³/mol. The average molecular weight is 158 g/mol. The number of hydrogen-bond acceptors (Lipinski definition) is 2. The molecule has 0 saturated heterocycles. The lowest BCUT2D eigenvalue weighted by Crippen LogP contribution is -2.31.